The van der Waals surface area contributed by atoms with Crippen LogP contribution in [0.3, 0.4) is 0 Å². The fraction of sp³-hybridized carbons (Fsp3) is 0.278. The van der Waals surface area contributed by atoms with E-state index >= 15 is 0 Å². The van der Waals surface area contributed by atoms with E-state index in [9.17, 15) is 9.18 Å². The molecule has 22 heavy (non-hydrogen) atoms. The van der Waals surface area contributed by atoms with Gasteiger partial charge in [-0.25, -0.2) is 4.39 Å². The molecule has 0 aliphatic carbocycles. The second-order valence-corrected chi connectivity index (χ2v) is 6.45. The number of nitrogens with one attached hydrogen (secondary N) is 1. The second-order valence-electron chi connectivity index (χ2n) is 6.45. The molecule has 1 atom stereocenters. The Bertz CT molecular complexity index is 660. The smallest absolute Gasteiger partial charge is 0.251 e. The van der Waals surface area contributed by atoms with Crippen LogP contribution in [0.2, 0.25) is 0 Å². The average molecular weight is 300 g/mol. The maximum absolute atomic E-state index is 13.1. The standard InChI is InChI=1S/C18H21FN2O/c1-18(2,3)16(12-7-9-14(19)10-8-12)21-17(22)13-5-4-6-15(20)11-13/h4-11,16H,20H2,1-3H3,(H,21,22). The summed E-state index contributed by atoms with van der Waals surface area (Å²) in [7, 11) is 0. The van der Waals surface area contributed by atoms with Crippen LogP contribution in [0.15, 0.2) is 48.5 Å². The molecule has 0 radical (unpaired) electrons. The van der Waals surface area contributed by atoms with Gasteiger partial charge in [-0.2, -0.15) is 0 Å². The second kappa shape index (κ2) is 6.18. The average Bonchev–Trinajstić information content (AvgIpc) is 2.44. The highest BCUT2D eigenvalue weighted by molar-refractivity contribution is 5.95. The minimum atomic E-state index is -0.293. The van der Waals surface area contributed by atoms with Crippen LogP contribution in [0, 0.1) is 11.2 Å². The van der Waals surface area contributed by atoms with Crippen molar-refractivity contribution >= 4 is 11.6 Å². The number of carbonyl (C=O) groups is 1. The van der Waals surface area contributed by atoms with Gasteiger partial charge in [0.05, 0.1) is 6.04 Å². The van der Waals surface area contributed by atoms with E-state index < -0.39 is 0 Å². The molecule has 2 aromatic carbocycles. The Balaban J connectivity index is 2.28. The Morgan fingerprint density at radius 2 is 1.77 bits per heavy atom. The van der Waals surface area contributed by atoms with Gasteiger partial charge in [0.1, 0.15) is 5.82 Å². The predicted octanol–water partition coefficient (Wildman–Crippen LogP) is 3.93. The highest BCUT2D eigenvalue weighted by Crippen LogP contribution is 2.33. The van der Waals surface area contributed by atoms with E-state index in [-0.39, 0.29) is 23.2 Å². The fourth-order valence-electron chi connectivity index (χ4n) is 2.35. The van der Waals surface area contributed by atoms with Crippen LogP contribution in [0.4, 0.5) is 10.1 Å². The molecule has 0 aromatic heterocycles. The van der Waals surface area contributed by atoms with Crippen molar-refractivity contribution < 1.29 is 9.18 Å². The van der Waals surface area contributed by atoms with Gasteiger partial charge in [-0.1, -0.05) is 39.0 Å². The molecule has 0 fully saturated rings. The summed E-state index contributed by atoms with van der Waals surface area (Å²) in [4.78, 5) is 12.5. The van der Waals surface area contributed by atoms with E-state index in [1.807, 2.05) is 20.8 Å². The lowest BCUT2D eigenvalue weighted by Gasteiger charge is -2.32. The molecule has 0 saturated heterocycles. The topological polar surface area (TPSA) is 55.1 Å². The van der Waals surface area contributed by atoms with Gasteiger partial charge in [0.25, 0.3) is 5.91 Å². The van der Waals surface area contributed by atoms with Gasteiger partial charge in [-0.3, -0.25) is 4.79 Å². The highest BCUT2D eigenvalue weighted by Gasteiger charge is 2.28. The summed E-state index contributed by atoms with van der Waals surface area (Å²) in [5.41, 5.74) is 7.43. The summed E-state index contributed by atoms with van der Waals surface area (Å²) in [6.45, 7) is 6.09. The first-order valence-electron chi connectivity index (χ1n) is 7.19. The van der Waals surface area contributed by atoms with Gasteiger partial charge in [-0.15, -0.1) is 0 Å². The Labute approximate surface area is 130 Å². The van der Waals surface area contributed by atoms with Crippen LogP contribution in [0.5, 0.6) is 0 Å². The van der Waals surface area contributed by atoms with E-state index in [2.05, 4.69) is 5.32 Å². The summed E-state index contributed by atoms with van der Waals surface area (Å²) in [5.74, 6) is -0.491. The first-order chi connectivity index (χ1) is 10.3. The number of hydrogen-bond acceptors (Lipinski definition) is 2. The third kappa shape index (κ3) is 3.85. The third-order valence-electron chi connectivity index (χ3n) is 3.49. The summed E-state index contributed by atoms with van der Waals surface area (Å²) in [6, 6.07) is 12.8. The number of nitrogen functional groups attached to an aromatic ring is 1. The van der Waals surface area contributed by atoms with Gasteiger partial charge in [0.15, 0.2) is 0 Å². The van der Waals surface area contributed by atoms with Crippen molar-refractivity contribution in [2.45, 2.75) is 26.8 Å². The van der Waals surface area contributed by atoms with E-state index in [1.165, 1.54) is 12.1 Å². The van der Waals surface area contributed by atoms with E-state index in [1.54, 1.807) is 36.4 Å². The van der Waals surface area contributed by atoms with Gasteiger partial charge in [-0.05, 0) is 41.3 Å². The van der Waals surface area contributed by atoms with Gasteiger partial charge >= 0.3 is 0 Å². The van der Waals surface area contributed by atoms with Gasteiger partial charge in [0.2, 0.25) is 0 Å². The lowest BCUT2D eigenvalue weighted by Crippen LogP contribution is -2.36. The van der Waals surface area contributed by atoms with Crippen molar-refractivity contribution in [2.75, 3.05) is 5.73 Å². The number of amides is 1. The van der Waals surface area contributed by atoms with Crippen LogP contribution < -0.4 is 11.1 Å². The van der Waals surface area contributed by atoms with Gasteiger partial charge < -0.3 is 11.1 Å². The monoisotopic (exact) mass is 300 g/mol. The SMILES string of the molecule is CC(C)(C)C(NC(=O)c1cccc(N)c1)c1ccc(F)cc1. The summed E-state index contributed by atoms with van der Waals surface area (Å²) in [6.07, 6.45) is 0. The molecule has 0 bridgehead atoms. The molecular weight excluding hydrogens is 279 g/mol. The molecule has 1 amide bonds. The minimum absolute atomic E-state index is 0.198. The first-order valence-corrected chi connectivity index (χ1v) is 7.19. The number of carbonyl (C=O) groups excluding carboxylic acids is 1. The number of halogens is 1. The lowest BCUT2D eigenvalue weighted by molar-refractivity contribution is 0.0902. The van der Waals surface area contributed by atoms with Crippen molar-refractivity contribution in [2.24, 2.45) is 5.41 Å². The van der Waals surface area contributed by atoms with Crippen molar-refractivity contribution in [1.82, 2.24) is 5.32 Å². The number of anilines is 1. The van der Waals surface area contributed by atoms with Crippen LogP contribution in [-0.4, -0.2) is 5.91 Å². The maximum atomic E-state index is 13.1. The normalized spacial score (nSPS) is 12.7. The molecule has 0 aliphatic rings. The molecule has 0 saturated carbocycles. The summed E-state index contributed by atoms with van der Waals surface area (Å²) >= 11 is 0. The maximum Gasteiger partial charge on any atom is 0.251 e. The zero-order valence-corrected chi connectivity index (χ0v) is 13.1. The first kappa shape index (κ1) is 16.0. The molecule has 3 N–H and O–H groups in total. The Morgan fingerprint density at radius 3 is 2.32 bits per heavy atom. The summed E-state index contributed by atoms with van der Waals surface area (Å²) in [5, 5.41) is 3.02. The van der Waals surface area contributed by atoms with Crippen molar-refractivity contribution in [1.29, 1.82) is 0 Å². The third-order valence-corrected chi connectivity index (χ3v) is 3.49. The van der Waals surface area contributed by atoms with Crippen LogP contribution in [-0.2, 0) is 0 Å². The Kier molecular flexibility index (Phi) is 4.50. The minimum Gasteiger partial charge on any atom is -0.399 e. The zero-order chi connectivity index (χ0) is 16.3. The number of benzene rings is 2. The van der Waals surface area contributed by atoms with E-state index in [4.69, 9.17) is 5.73 Å². The molecule has 2 rings (SSSR count). The fourth-order valence-corrected chi connectivity index (χ4v) is 2.35. The predicted molar refractivity (Wildman–Crippen MR) is 86.9 cm³/mol. The molecule has 0 spiro atoms. The number of rotatable bonds is 3. The van der Waals surface area contributed by atoms with E-state index in [0.29, 0.717) is 11.3 Å². The van der Waals surface area contributed by atoms with Crippen molar-refractivity contribution in [3.63, 3.8) is 0 Å². The lowest BCUT2D eigenvalue weighted by atomic mass is 9.82. The Morgan fingerprint density at radius 1 is 1.14 bits per heavy atom. The zero-order valence-electron chi connectivity index (χ0n) is 13.1. The van der Waals surface area contributed by atoms with Crippen LogP contribution >= 0.6 is 0 Å². The molecule has 4 heteroatoms. The quantitative estimate of drug-likeness (QED) is 0.844. The molecule has 0 heterocycles. The molecule has 3 nitrogen and oxygen atoms in total. The van der Waals surface area contributed by atoms with Crippen molar-refractivity contribution in [3.05, 3.63) is 65.5 Å². The van der Waals surface area contributed by atoms with Crippen LogP contribution in [0.25, 0.3) is 0 Å². The molecular formula is C18H21FN2O. The largest absolute Gasteiger partial charge is 0.399 e. The highest BCUT2D eigenvalue weighted by atomic mass is 19.1. The molecule has 116 valence electrons. The molecule has 2 aromatic rings. The number of hydrogen-bond donors (Lipinski definition) is 2. The van der Waals surface area contributed by atoms with E-state index in [0.717, 1.165) is 5.56 Å². The Hall–Kier alpha value is -2.36. The van der Waals surface area contributed by atoms with Gasteiger partial charge in [0, 0.05) is 11.3 Å². The van der Waals surface area contributed by atoms with Crippen molar-refractivity contribution in [3.8, 4) is 0 Å². The summed E-state index contributed by atoms with van der Waals surface area (Å²) < 4.78 is 13.1. The van der Waals surface area contributed by atoms with Crippen LogP contribution in [0.1, 0.15) is 42.7 Å². The number of nitrogens with two attached hydrogens (primary N) is 1. The molecule has 0 aliphatic heterocycles. The molecule has 1 unspecified atom stereocenters.